The molecule has 1 aromatic carbocycles. The molecule has 6 nitrogen and oxygen atoms in total. The van der Waals surface area contributed by atoms with E-state index in [0.29, 0.717) is 19.2 Å². The van der Waals surface area contributed by atoms with Crippen molar-refractivity contribution in [3.63, 3.8) is 0 Å². The van der Waals surface area contributed by atoms with Crippen LogP contribution in [0.4, 0.5) is 14.6 Å². The molecule has 2 aliphatic rings. The van der Waals surface area contributed by atoms with Crippen molar-refractivity contribution >= 4 is 21.6 Å². The number of aromatic nitrogens is 1. The van der Waals surface area contributed by atoms with E-state index >= 15 is 0 Å². The van der Waals surface area contributed by atoms with E-state index in [4.69, 9.17) is 0 Å². The molecule has 9 heteroatoms. The van der Waals surface area contributed by atoms with Crippen LogP contribution >= 0.6 is 0 Å². The molecule has 2 unspecified atom stereocenters. The first-order valence-corrected chi connectivity index (χ1v) is 11.6. The molecule has 1 aromatic heterocycles. The Hall–Kier alpha value is -2.55. The molecule has 0 saturated carbocycles. The van der Waals surface area contributed by atoms with Gasteiger partial charge in [0.15, 0.2) is 9.84 Å². The van der Waals surface area contributed by atoms with Crippen LogP contribution in [0.5, 0.6) is 0 Å². The minimum Gasteiger partial charge on any atom is -0.347 e. The number of pyridine rings is 1. The zero-order valence-corrected chi connectivity index (χ0v) is 17.4. The molecule has 2 aromatic rings. The first-order chi connectivity index (χ1) is 14.2. The van der Waals surface area contributed by atoms with Gasteiger partial charge in [0.1, 0.15) is 17.5 Å². The van der Waals surface area contributed by atoms with E-state index in [0.717, 1.165) is 36.4 Å². The maximum atomic E-state index is 13.4. The molecule has 0 aliphatic carbocycles. The van der Waals surface area contributed by atoms with Crippen LogP contribution in [0.15, 0.2) is 41.4 Å². The fraction of sp³-hybridized carbons (Fsp3) is 0.429. The summed E-state index contributed by atoms with van der Waals surface area (Å²) in [6.45, 7) is 3.01. The molecule has 2 aliphatic heterocycles. The summed E-state index contributed by atoms with van der Waals surface area (Å²) in [6.07, 6.45) is 3.50. The second-order valence-electron chi connectivity index (χ2n) is 7.96. The van der Waals surface area contributed by atoms with Crippen molar-refractivity contribution in [3.05, 3.63) is 53.7 Å². The molecule has 0 N–H and O–H groups in total. The topological polar surface area (TPSA) is 70.6 Å². The lowest BCUT2D eigenvalue weighted by Gasteiger charge is -2.41. The van der Waals surface area contributed by atoms with Crippen LogP contribution in [-0.2, 0) is 14.6 Å². The zero-order chi connectivity index (χ0) is 21.5. The second kappa shape index (κ2) is 7.94. The Morgan fingerprint density at radius 2 is 1.73 bits per heavy atom. The van der Waals surface area contributed by atoms with Crippen LogP contribution in [0, 0.1) is 18.6 Å². The normalized spacial score (nSPS) is 21.2. The molecule has 3 heterocycles. The summed E-state index contributed by atoms with van der Waals surface area (Å²) in [6, 6.07) is 6.46. The highest BCUT2D eigenvalue weighted by molar-refractivity contribution is 7.91. The molecular formula is C21H23F2N3O3S. The molecule has 1 amide bonds. The van der Waals surface area contributed by atoms with Gasteiger partial charge in [0.2, 0.25) is 5.91 Å². The van der Waals surface area contributed by atoms with Crippen molar-refractivity contribution in [1.82, 2.24) is 9.88 Å². The molecule has 2 bridgehead atoms. The zero-order valence-electron chi connectivity index (χ0n) is 16.6. The fourth-order valence-corrected chi connectivity index (χ4v) is 5.56. The first-order valence-electron chi connectivity index (χ1n) is 9.90. The number of rotatable bonds is 5. The van der Waals surface area contributed by atoms with Gasteiger partial charge in [-0.2, -0.15) is 0 Å². The van der Waals surface area contributed by atoms with Crippen molar-refractivity contribution in [3.8, 4) is 0 Å². The highest BCUT2D eigenvalue weighted by Crippen LogP contribution is 2.34. The maximum absolute atomic E-state index is 13.4. The number of carbonyl (C=O) groups excluding carboxylic acids is 1. The molecular weight excluding hydrogens is 412 g/mol. The highest BCUT2D eigenvalue weighted by atomic mass is 32.2. The Morgan fingerprint density at radius 1 is 1.10 bits per heavy atom. The Balaban J connectivity index is 1.40. The van der Waals surface area contributed by atoms with E-state index in [-0.39, 0.29) is 24.4 Å². The lowest BCUT2D eigenvalue weighted by molar-refractivity contribution is -0.131. The quantitative estimate of drug-likeness (QED) is 0.722. The van der Waals surface area contributed by atoms with E-state index in [2.05, 4.69) is 9.88 Å². The first kappa shape index (κ1) is 20.7. The summed E-state index contributed by atoms with van der Waals surface area (Å²) in [4.78, 5) is 20.7. The van der Waals surface area contributed by atoms with Crippen LogP contribution < -0.4 is 4.90 Å². The molecule has 160 valence electrons. The number of hydrogen-bond donors (Lipinski definition) is 0. The van der Waals surface area contributed by atoms with Crippen LogP contribution in [-0.4, -0.2) is 55.1 Å². The average Bonchev–Trinajstić information content (AvgIpc) is 2.95. The average molecular weight is 435 g/mol. The standard InChI is InChI=1S/C21H23F2N3O3S/c1-14-2-5-20(24-11-14)26-17-3-4-18(26)13-25(12-17)21(27)6-7-30(28,29)19-9-15(22)8-16(23)10-19/h2,5,8-11,17-18H,3-4,6-7,12-13H2,1H3. The second-order valence-corrected chi connectivity index (χ2v) is 10.1. The molecule has 2 saturated heterocycles. The van der Waals surface area contributed by atoms with Gasteiger partial charge >= 0.3 is 0 Å². The third-order valence-electron chi connectivity index (χ3n) is 5.78. The molecule has 30 heavy (non-hydrogen) atoms. The summed E-state index contributed by atoms with van der Waals surface area (Å²) in [5, 5.41) is 0. The number of carbonyl (C=O) groups is 1. The largest absolute Gasteiger partial charge is 0.347 e. The van der Waals surface area contributed by atoms with Crippen molar-refractivity contribution in [2.45, 2.75) is 43.2 Å². The summed E-state index contributed by atoms with van der Waals surface area (Å²) in [7, 11) is -3.96. The number of hydrogen-bond acceptors (Lipinski definition) is 5. The van der Waals surface area contributed by atoms with Gasteiger partial charge in [-0.25, -0.2) is 22.2 Å². The van der Waals surface area contributed by atoms with Crippen molar-refractivity contribution in [2.24, 2.45) is 0 Å². The Labute approximate surface area is 174 Å². The Bertz CT molecular complexity index is 1030. The van der Waals surface area contributed by atoms with Crippen LogP contribution in [0.1, 0.15) is 24.8 Å². The van der Waals surface area contributed by atoms with E-state index in [1.807, 2.05) is 25.3 Å². The van der Waals surface area contributed by atoms with Gasteiger partial charge in [0.05, 0.1) is 10.6 Å². The number of sulfone groups is 1. The number of likely N-dealkylation sites (tertiary alicyclic amines) is 1. The maximum Gasteiger partial charge on any atom is 0.223 e. The number of piperazine rings is 1. The number of halogens is 2. The third-order valence-corrected chi connectivity index (χ3v) is 7.47. The number of amides is 1. The monoisotopic (exact) mass is 435 g/mol. The fourth-order valence-electron chi connectivity index (χ4n) is 4.30. The third kappa shape index (κ3) is 4.16. The van der Waals surface area contributed by atoms with Gasteiger partial charge in [-0.3, -0.25) is 4.79 Å². The van der Waals surface area contributed by atoms with E-state index < -0.39 is 32.1 Å². The predicted molar refractivity (Wildman–Crippen MR) is 108 cm³/mol. The van der Waals surface area contributed by atoms with E-state index in [1.165, 1.54) is 0 Å². The van der Waals surface area contributed by atoms with Crippen molar-refractivity contribution in [1.29, 1.82) is 0 Å². The summed E-state index contributed by atoms with van der Waals surface area (Å²) >= 11 is 0. The molecule has 2 atom stereocenters. The number of aryl methyl sites for hydroxylation is 1. The van der Waals surface area contributed by atoms with Gasteiger partial charge in [0, 0.05) is 43.9 Å². The van der Waals surface area contributed by atoms with Crippen LogP contribution in [0.25, 0.3) is 0 Å². The van der Waals surface area contributed by atoms with Gasteiger partial charge < -0.3 is 9.80 Å². The smallest absolute Gasteiger partial charge is 0.223 e. The van der Waals surface area contributed by atoms with Gasteiger partial charge in [-0.15, -0.1) is 0 Å². The highest BCUT2D eigenvalue weighted by Gasteiger charge is 2.41. The number of anilines is 1. The van der Waals surface area contributed by atoms with Crippen molar-refractivity contribution in [2.75, 3.05) is 23.7 Å². The van der Waals surface area contributed by atoms with E-state index in [9.17, 15) is 22.0 Å². The summed E-state index contributed by atoms with van der Waals surface area (Å²) in [5.41, 5.74) is 1.08. The summed E-state index contributed by atoms with van der Waals surface area (Å²) < 4.78 is 51.5. The van der Waals surface area contributed by atoms with Crippen molar-refractivity contribution < 1.29 is 22.0 Å². The minimum atomic E-state index is -3.96. The molecule has 2 fully saturated rings. The van der Waals surface area contributed by atoms with Gasteiger partial charge in [-0.05, 0) is 43.5 Å². The van der Waals surface area contributed by atoms with Crippen LogP contribution in [0.2, 0.25) is 0 Å². The van der Waals surface area contributed by atoms with Crippen LogP contribution in [0.3, 0.4) is 0 Å². The molecule has 4 rings (SSSR count). The Morgan fingerprint density at radius 3 is 2.30 bits per heavy atom. The van der Waals surface area contributed by atoms with Gasteiger partial charge in [-0.1, -0.05) is 6.07 Å². The number of fused-ring (bicyclic) bond motifs is 2. The number of benzene rings is 1. The predicted octanol–water partition coefficient (Wildman–Crippen LogP) is 2.71. The lowest BCUT2D eigenvalue weighted by Crippen LogP contribution is -2.55. The SMILES string of the molecule is Cc1ccc(N2C3CCC2CN(C(=O)CCS(=O)(=O)c2cc(F)cc(F)c2)C3)nc1. The minimum absolute atomic E-state index is 0.150. The Kier molecular flexibility index (Phi) is 5.48. The summed E-state index contributed by atoms with van der Waals surface area (Å²) in [5.74, 6) is -1.77. The molecule has 0 radical (unpaired) electrons. The van der Waals surface area contributed by atoms with Gasteiger partial charge in [0.25, 0.3) is 0 Å². The molecule has 0 spiro atoms. The lowest BCUT2D eigenvalue weighted by atomic mass is 10.1. The van der Waals surface area contributed by atoms with E-state index in [1.54, 1.807) is 4.90 Å². The number of nitrogens with zero attached hydrogens (tertiary/aromatic N) is 3.